The van der Waals surface area contributed by atoms with Crippen molar-refractivity contribution in [3.63, 3.8) is 0 Å². The number of thioether (sulfide) groups is 1. The van der Waals surface area contributed by atoms with Crippen LogP contribution in [0.4, 0.5) is 0 Å². The Morgan fingerprint density at radius 2 is 1.76 bits per heavy atom. The first-order chi connectivity index (χ1) is 14.1. The van der Waals surface area contributed by atoms with E-state index in [0.717, 1.165) is 11.1 Å². The van der Waals surface area contributed by atoms with Gasteiger partial charge in [0.05, 0.1) is 16.6 Å². The lowest BCUT2D eigenvalue weighted by atomic mass is 10.2. The predicted molar refractivity (Wildman–Crippen MR) is 124 cm³/mol. The van der Waals surface area contributed by atoms with Gasteiger partial charge in [0.15, 0.2) is 0 Å². The monoisotopic (exact) mass is 418 g/mol. The molecule has 0 saturated carbocycles. The number of aromatic nitrogens is 2. The highest BCUT2D eigenvalue weighted by molar-refractivity contribution is 7.98. The van der Waals surface area contributed by atoms with E-state index in [4.69, 9.17) is 16.6 Å². The molecule has 4 aromatic rings. The molecule has 144 valence electrons. The van der Waals surface area contributed by atoms with Crippen molar-refractivity contribution in [3.8, 4) is 5.69 Å². The maximum absolute atomic E-state index is 13.3. The second-order valence-corrected chi connectivity index (χ2v) is 7.95. The first-order valence-corrected chi connectivity index (χ1v) is 10.8. The zero-order valence-electron chi connectivity index (χ0n) is 16.1. The number of benzene rings is 3. The maximum atomic E-state index is 13.3. The average molecular weight is 419 g/mol. The summed E-state index contributed by atoms with van der Waals surface area (Å²) in [5, 5.41) is 1.19. The number of rotatable bonds is 4. The van der Waals surface area contributed by atoms with Gasteiger partial charge in [0, 0.05) is 9.92 Å². The average Bonchev–Trinajstić information content (AvgIpc) is 2.75. The number of halogens is 1. The number of hydrogen-bond donors (Lipinski definition) is 0. The predicted octanol–water partition coefficient (Wildman–Crippen LogP) is 6.24. The van der Waals surface area contributed by atoms with Crippen LogP contribution in [-0.2, 0) is 0 Å². The van der Waals surface area contributed by atoms with Gasteiger partial charge in [-0.25, -0.2) is 4.98 Å². The Morgan fingerprint density at radius 3 is 2.48 bits per heavy atom. The Morgan fingerprint density at radius 1 is 1.00 bits per heavy atom. The third kappa shape index (κ3) is 4.00. The lowest BCUT2D eigenvalue weighted by Crippen LogP contribution is -2.22. The van der Waals surface area contributed by atoms with E-state index in [1.807, 2.05) is 49.4 Å². The van der Waals surface area contributed by atoms with Crippen LogP contribution in [0.2, 0.25) is 5.02 Å². The first-order valence-electron chi connectivity index (χ1n) is 9.17. The zero-order chi connectivity index (χ0) is 20.4. The summed E-state index contributed by atoms with van der Waals surface area (Å²) >= 11 is 8.04. The van der Waals surface area contributed by atoms with E-state index in [1.165, 1.54) is 4.90 Å². The second-order valence-electron chi connectivity index (χ2n) is 6.67. The van der Waals surface area contributed by atoms with Crippen LogP contribution >= 0.6 is 23.4 Å². The quantitative estimate of drug-likeness (QED) is 0.368. The summed E-state index contributed by atoms with van der Waals surface area (Å²) in [7, 11) is 0. The van der Waals surface area contributed by atoms with Gasteiger partial charge in [-0.1, -0.05) is 48.0 Å². The highest BCUT2D eigenvalue weighted by Gasteiger charge is 2.12. The molecule has 5 heteroatoms. The van der Waals surface area contributed by atoms with Gasteiger partial charge in [-0.15, -0.1) is 11.8 Å². The number of para-hydroxylation sites is 1. The summed E-state index contributed by atoms with van der Waals surface area (Å²) in [4.78, 5) is 19.2. The van der Waals surface area contributed by atoms with Crippen molar-refractivity contribution in [2.45, 2.75) is 11.8 Å². The maximum Gasteiger partial charge on any atom is 0.266 e. The van der Waals surface area contributed by atoms with Crippen LogP contribution in [0.15, 0.2) is 76.4 Å². The number of nitrogens with zero attached hydrogens (tertiary/aromatic N) is 2. The summed E-state index contributed by atoms with van der Waals surface area (Å²) in [5.74, 6) is 0.558. The number of hydrogen-bond acceptors (Lipinski definition) is 3. The molecule has 0 aliphatic carbocycles. The summed E-state index contributed by atoms with van der Waals surface area (Å²) < 4.78 is 1.61. The van der Waals surface area contributed by atoms with Crippen molar-refractivity contribution in [2.24, 2.45) is 0 Å². The molecule has 3 aromatic carbocycles. The van der Waals surface area contributed by atoms with Crippen LogP contribution in [0, 0.1) is 6.92 Å². The number of aryl methyl sites for hydroxylation is 1. The van der Waals surface area contributed by atoms with Crippen LogP contribution in [0.25, 0.3) is 28.7 Å². The van der Waals surface area contributed by atoms with Gasteiger partial charge in [-0.2, -0.15) is 0 Å². The van der Waals surface area contributed by atoms with Crippen LogP contribution in [0.3, 0.4) is 0 Å². The normalized spacial score (nSPS) is 11.4. The molecule has 0 unspecified atom stereocenters. The van der Waals surface area contributed by atoms with E-state index >= 15 is 0 Å². The Balaban J connectivity index is 1.90. The Labute approximate surface area is 178 Å². The van der Waals surface area contributed by atoms with Crippen LogP contribution < -0.4 is 5.56 Å². The second kappa shape index (κ2) is 8.27. The smallest absolute Gasteiger partial charge is 0.266 e. The SMILES string of the molecule is CSc1ccc(/C=C/c2nc3ccccc3c(=O)n2-c2ccc(C)c(Cl)c2)cc1. The highest BCUT2D eigenvalue weighted by Crippen LogP contribution is 2.22. The summed E-state index contributed by atoms with van der Waals surface area (Å²) in [5.41, 5.74) is 3.25. The fourth-order valence-corrected chi connectivity index (χ4v) is 3.70. The molecule has 0 saturated heterocycles. The van der Waals surface area contributed by atoms with E-state index in [-0.39, 0.29) is 5.56 Å². The lowest BCUT2D eigenvalue weighted by molar-refractivity contribution is 0.943. The third-order valence-electron chi connectivity index (χ3n) is 4.76. The molecule has 0 spiro atoms. The standard InChI is InChI=1S/C24H19ClN2OS/c1-16-7-11-18(15-21(16)25)27-23(14-10-17-8-12-19(29-2)13-9-17)26-22-6-4-3-5-20(22)24(27)28/h3-15H,1-2H3/b14-10+. The van der Waals surface area contributed by atoms with Crippen molar-refractivity contribution in [2.75, 3.05) is 6.26 Å². The van der Waals surface area contributed by atoms with Crippen molar-refractivity contribution in [3.05, 3.63) is 99.1 Å². The molecule has 0 amide bonds. The Hall–Kier alpha value is -2.82. The van der Waals surface area contributed by atoms with E-state index in [1.54, 1.807) is 28.5 Å². The van der Waals surface area contributed by atoms with Gasteiger partial charge in [0.1, 0.15) is 5.82 Å². The van der Waals surface area contributed by atoms with E-state index in [9.17, 15) is 4.79 Å². The molecular formula is C24H19ClN2OS. The minimum atomic E-state index is -0.118. The van der Waals surface area contributed by atoms with Gasteiger partial charge in [-0.05, 0) is 66.8 Å². The largest absolute Gasteiger partial charge is 0.268 e. The molecule has 0 fully saturated rings. The minimum Gasteiger partial charge on any atom is -0.268 e. The first kappa shape index (κ1) is 19.5. The molecule has 0 bridgehead atoms. The van der Waals surface area contributed by atoms with Gasteiger partial charge in [-0.3, -0.25) is 9.36 Å². The number of fused-ring (bicyclic) bond motifs is 1. The van der Waals surface area contributed by atoms with Crippen LogP contribution in [0.1, 0.15) is 17.0 Å². The van der Waals surface area contributed by atoms with Gasteiger partial charge < -0.3 is 0 Å². The third-order valence-corrected chi connectivity index (χ3v) is 5.91. The molecule has 1 aromatic heterocycles. The van der Waals surface area contributed by atoms with Gasteiger partial charge >= 0.3 is 0 Å². The Bertz CT molecular complexity index is 1280. The van der Waals surface area contributed by atoms with Crippen molar-refractivity contribution < 1.29 is 0 Å². The summed E-state index contributed by atoms with van der Waals surface area (Å²) in [6, 6.07) is 21.2. The molecule has 0 atom stereocenters. The molecule has 0 aliphatic rings. The highest BCUT2D eigenvalue weighted by atomic mass is 35.5. The molecule has 4 rings (SSSR count). The summed E-state index contributed by atoms with van der Waals surface area (Å²) in [6.07, 6.45) is 5.89. The fraction of sp³-hybridized carbons (Fsp3) is 0.0833. The Kier molecular flexibility index (Phi) is 5.56. The van der Waals surface area contributed by atoms with Crippen LogP contribution in [0.5, 0.6) is 0 Å². The zero-order valence-corrected chi connectivity index (χ0v) is 17.7. The molecule has 1 heterocycles. The van der Waals surface area contributed by atoms with E-state index in [0.29, 0.717) is 27.4 Å². The minimum absolute atomic E-state index is 0.118. The fourth-order valence-electron chi connectivity index (χ4n) is 3.12. The van der Waals surface area contributed by atoms with Crippen LogP contribution in [-0.4, -0.2) is 15.8 Å². The summed E-state index contributed by atoms with van der Waals surface area (Å²) in [6.45, 7) is 1.94. The topological polar surface area (TPSA) is 34.9 Å². The molecule has 0 N–H and O–H groups in total. The molecule has 29 heavy (non-hydrogen) atoms. The van der Waals surface area contributed by atoms with Gasteiger partial charge in [0.25, 0.3) is 5.56 Å². The van der Waals surface area contributed by atoms with Gasteiger partial charge in [0.2, 0.25) is 0 Å². The van der Waals surface area contributed by atoms with Crippen molar-refractivity contribution >= 4 is 46.4 Å². The van der Waals surface area contributed by atoms with Crippen molar-refractivity contribution in [1.82, 2.24) is 9.55 Å². The van der Waals surface area contributed by atoms with E-state index < -0.39 is 0 Å². The molecule has 3 nitrogen and oxygen atoms in total. The van der Waals surface area contributed by atoms with Crippen molar-refractivity contribution in [1.29, 1.82) is 0 Å². The molecule has 0 aliphatic heterocycles. The molecule has 0 radical (unpaired) electrons. The molecular weight excluding hydrogens is 400 g/mol. The lowest BCUT2D eigenvalue weighted by Gasteiger charge is -2.12. The van der Waals surface area contributed by atoms with E-state index in [2.05, 4.69) is 30.5 Å².